The van der Waals surface area contributed by atoms with Crippen molar-refractivity contribution in [2.45, 2.75) is 70.3 Å². The third kappa shape index (κ3) is 2.12. The molecule has 0 aromatic heterocycles. The third-order valence-electron chi connectivity index (χ3n) is 6.36. The summed E-state index contributed by atoms with van der Waals surface area (Å²) < 4.78 is 0. The van der Waals surface area contributed by atoms with Gasteiger partial charge in [-0.1, -0.05) is 19.8 Å². The largest absolute Gasteiger partial charge is 0.329 e. The number of nitrogens with zero attached hydrogens (tertiary/aromatic N) is 1. The SMILES string of the molecule is CC1CCC(CN)(N2CCC3(CCCC3)C2)CC1. The first-order valence-electron chi connectivity index (χ1n) is 8.13. The molecule has 0 aromatic carbocycles. The van der Waals surface area contributed by atoms with Crippen LogP contribution in [0.25, 0.3) is 0 Å². The van der Waals surface area contributed by atoms with E-state index >= 15 is 0 Å². The molecule has 0 bridgehead atoms. The standard InChI is InChI=1S/C16H30N2/c1-14-4-8-16(12-17,9-5-14)18-11-10-15(13-18)6-2-3-7-15/h14H,2-13,17H2,1H3. The van der Waals surface area contributed by atoms with Crippen LogP contribution in [0.4, 0.5) is 0 Å². The maximum Gasteiger partial charge on any atom is 0.0332 e. The van der Waals surface area contributed by atoms with E-state index in [0.717, 1.165) is 12.5 Å². The summed E-state index contributed by atoms with van der Waals surface area (Å²) in [6, 6.07) is 0. The van der Waals surface area contributed by atoms with Crippen LogP contribution in [0.5, 0.6) is 0 Å². The van der Waals surface area contributed by atoms with Gasteiger partial charge >= 0.3 is 0 Å². The van der Waals surface area contributed by atoms with Gasteiger partial charge < -0.3 is 5.73 Å². The molecule has 3 fully saturated rings. The highest BCUT2D eigenvalue weighted by atomic mass is 15.2. The highest BCUT2D eigenvalue weighted by Gasteiger charge is 2.47. The van der Waals surface area contributed by atoms with Crippen molar-refractivity contribution in [2.75, 3.05) is 19.6 Å². The van der Waals surface area contributed by atoms with E-state index in [9.17, 15) is 0 Å². The van der Waals surface area contributed by atoms with Crippen molar-refractivity contribution >= 4 is 0 Å². The van der Waals surface area contributed by atoms with Crippen LogP contribution in [0.3, 0.4) is 0 Å². The lowest BCUT2D eigenvalue weighted by atomic mass is 9.76. The number of rotatable bonds is 2. The van der Waals surface area contributed by atoms with Crippen molar-refractivity contribution in [1.82, 2.24) is 4.90 Å². The van der Waals surface area contributed by atoms with Crippen molar-refractivity contribution in [3.05, 3.63) is 0 Å². The summed E-state index contributed by atoms with van der Waals surface area (Å²) >= 11 is 0. The van der Waals surface area contributed by atoms with Crippen LogP contribution >= 0.6 is 0 Å². The smallest absolute Gasteiger partial charge is 0.0332 e. The monoisotopic (exact) mass is 250 g/mol. The summed E-state index contributed by atoms with van der Waals surface area (Å²) in [4.78, 5) is 2.81. The Morgan fingerprint density at radius 2 is 1.72 bits per heavy atom. The number of hydrogen-bond donors (Lipinski definition) is 1. The Kier molecular flexibility index (Phi) is 3.44. The van der Waals surface area contributed by atoms with E-state index in [1.807, 2.05) is 0 Å². The van der Waals surface area contributed by atoms with E-state index in [4.69, 9.17) is 5.73 Å². The molecule has 1 spiro atoms. The highest BCUT2D eigenvalue weighted by molar-refractivity contribution is 5.02. The first-order chi connectivity index (χ1) is 8.68. The van der Waals surface area contributed by atoms with E-state index in [-0.39, 0.29) is 0 Å². The second-order valence-electron chi connectivity index (χ2n) is 7.49. The number of nitrogens with two attached hydrogens (primary N) is 1. The van der Waals surface area contributed by atoms with Crippen LogP contribution in [0.15, 0.2) is 0 Å². The van der Waals surface area contributed by atoms with Crippen molar-refractivity contribution in [1.29, 1.82) is 0 Å². The first kappa shape index (κ1) is 12.9. The molecule has 3 aliphatic rings. The van der Waals surface area contributed by atoms with Gasteiger partial charge in [-0.05, 0) is 62.8 Å². The van der Waals surface area contributed by atoms with E-state index < -0.39 is 0 Å². The summed E-state index contributed by atoms with van der Waals surface area (Å²) in [7, 11) is 0. The van der Waals surface area contributed by atoms with Crippen LogP contribution in [-0.4, -0.2) is 30.1 Å². The molecule has 1 heterocycles. The zero-order valence-corrected chi connectivity index (χ0v) is 12.1. The number of hydrogen-bond acceptors (Lipinski definition) is 2. The predicted octanol–water partition coefficient (Wildman–Crippen LogP) is 3.16. The lowest BCUT2D eigenvalue weighted by Gasteiger charge is -2.46. The molecule has 0 atom stereocenters. The van der Waals surface area contributed by atoms with Gasteiger partial charge in [0.05, 0.1) is 0 Å². The molecule has 0 unspecified atom stereocenters. The van der Waals surface area contributed by atoms with Gasteiger partial charge in [0.2, 0.25) is 0 Å². The van der Waals surface area contributed by atoms with E-state index in [2.05, 4.69) is 11.8 Å². The van der Waals surface area contributed by atoms with Crippen LogP contribution in [0, 0.1) is 11.3 Å². The van der Waals surface area contributed by atoms with Crippen LogP contribution < -0.4 is 5.73 Å². The molecule has 2 nitrogen and oxygen atoms in total. The third-order valence-corrected chi connectivity index (χ3v) is 6.36. The van der Waals surface area contributed by atoms with Gasteiger partial charge in [-0.15, -0.1) is 0 Å². The molecular weight excluding hydrogens is 220 g/mol. The van der Waals surface area contributed by atoms with Gasteiger partial charge in [-0.3, -0.25) is 4.90 Å². The minimum atomic E-state index is 0.374. The van der Waals surface area contributed by atoms with Crippen LogP contribution in [0.1, 0.15) is 64.7 Å². The molecule has 2 aliphatic carbocycles. The average molecular weight is 250 g/mol. The average Bonchev–Trinajstić information content (AvgIpc) is 3.02. The second kappa shape index (κ2) is 4.79. The Labute approximate surface area is 112 Å². The second-order valence-corrected chi connectivity index (χ2v) is 7.49. The zero-order chi connectivity index (χ0) is 12.6. The normalized spacial score (nSPS) is 40.7. The Bertz CT molecular complexity index is 285. The minimum Gasteiger partial charge on any atom is -0.329 e. The van der Waals surface area contributed by atoms with Crippen molar-refractivity contribution in [3.63, 3.8) is 0 Å². The van der Waals surface area contributed by atoms with Gasteiger partial charge in [-0.2, -0.15) is 0 Å². The molecule has 0 aromatic rings. The molecule has 3 rings (SSSR count). The fraction of sp³-hybridized carbons (Fsp3) is 1.00. The zero-order valence-electron chi connectivity index (χ0n) is 12.1. The van der Waals surface area contributed by atoms with Gasteiger partial charge in [0.25, 0.3) is 0 Å². The van der Waals surface area contributed by atoms with Crippen molar-refractivity contribution in [2.24, 2.45) is 17.1 Å². The Balaban J connectivity index is 1.69. The topological polar surface area (TPSA) is 29.3 Å². The molecule has 18 heavy (non-hydrogen) atoms. The quantitative estimate of drug-likeness (QED) is 0.815. The maximum atomic E-state index is 6.21. The van der Waals surface area contributed by atoms with Gasteiger partial charge in [0.15, 0.2) is 0 Å². The maximum absolute atomic E-state index is 6.21. The Morgan fingerprint density at radius 3 is 2.33 bits per heavy atom. The first-order valence-corrected chi connectivity index (χ1v) is 8.13. The molecule has 1 saturated heterocycles. The summed E-state index contributed by atoms with van der Waals surface area (Å²) in [6.07, 6.45) is 12.8. The van der Waals surface area contributed by atoms with Crippen molar-refractivity contribution in [3.8, 4) is 0 Å². The molecule has 2 N–H and O–H groups in total. The molecule has 0 radical (unpaired) electrons. The van der Waals surface area contributed by atoms with E-state index in [1.54, 1.807) is 0 Å². The summed E-state index contributed by atoms with van der Waals surface area (Å²) in [5.41, 5.74) is 7.28. The predicted molar refractivity (Wildman–Crippen MR) is 76.5 cm³/mol. The van der Waals surface area contributed by atoms with Crippen LogP contribution in [0.2, 0.25) is 0 Å². The molecule has 2 saturated carbocycles. The Hall–Kier alpha value is -0.0800. The van der Waals surface area contributed by atoms with E-state index in [0.29, 0.717) is 11.0 Å². The van der Waals surface area contributed by atoms with Crippen LogP contribution in [-0.2, 0) is 0 Å². The number of likely N-dealkylation sites (tertiary alicyclic amines) is 1. The molecule has 104 valence electrons. The van der Waals surface area contributed by atoms with Gasteiger partial charge in [0.1, 0.15) is 0 Å². The lowest BCUT2D eigenvalue weighted by molar-refractivity contribution is 0.0551. The van der Waals surface area contributed by atoms with Crippen molar-refractivity contribution < 1.29 is 0 Å². The molecule has 2 heteroatoms. The summed E-state index contributed by atoms with van der Waals surface area (Å²) in [5, 5.41) is 0. The molecule has 1 aliphatic heterocycles. The van der Waals surface area contributed by atoms with Gasteiger partial charge in [-0.25, -0.2) is 0 Å². The lowest BCUT2D eigenvalue weighted by Crippen LogP contribution is -2.55. The Morgan fingerprint density at radius 1 is 1.06 bits per heavy atom. The van der Waals surface area contributed by atoms with Gasteiger partial charge in [0, 0.05) is 18.6 Å². The summed E-state index contributed by atoms with van der Waals surface area (Å²) in [5.74, 6) is 0.924. The minimum absolute atomic E-state index is 0.374. The fourth-order valence-electron chi connectivity index (χ4n) is 4.82. The molecular formula is C16H30N2. The summed E-state index contributed by atoms with van der Waals surface area (Å²) in [6.45, 7) is 5.98. The molecule has 0 amide bonds. The fourth-order valence-corrected chi connectivity index (χ4v) is 4.82. The van der Waals surface area contributed by atoms with E-state index in [1.165, 1.54) is 70.9 Å². The highest BCUT2D eigenvalue weighted by Crippen LogP contribution is 2.49.